The van der Waals surface area contributed by atoms with Crippen LogP contribution in [-0.2, 0) is 10.0 Å². The molecule has 0 aliphatic carbocycles. The molecule has 2 aromatic carbocycles. The van der Waals surface area contributed by atoms with Gasteiger partial charge in [-0.25, -0.2) is 8.42 Å². The van der Waals surface area contributed by atoms with E-state index in [-0.39, 0.29) is 4.90 Å². The van der Waals surface area contributed by atoms with Crippen LogP contribution in [0.5, 0.6) is 0 Å². The Bertz CT molecular complexity index is 1130. The molecule has 2 heterocycles. The molecule has 0 amide bonds. The number of hydrogen-bond acceptors (Lipinski definition) is 5. The Balaban J connectivity index is 1.67. The molecule has 0 bridgehead atoms. The third kappa shape index (κ3) is 3.34. The molecule has 1 atom stereocenters. The highest BCUT2D eigenvalue weighted by Crippen LogP contribution is 2.37. The summed E-state index contributed by atoms with van der Waals surface area (Å²) in [6.45, 7) is 4.21. The van der Waals surface area contributed by atoms with Gasteiger partial charge in [0.25, 0.3) is 0 Å². The van der Waals surface area contributed by atoms with Crippen LogP contribution in [0.25, 0.3) is 11.4 Å². The molecule has 0 spiro atoms. The van der Waals surface area contributed by atoms with Crippen molar-refractivity contribution in [2.24, 2.45) is 0 Å². The first-order valence-electron chi connectivity index (χ1n) is 9.05. The van der Waals surface area contributed by atoms with E-state index in [2.05, 4.69) is 10.1 Å². The monoisotopic (exact) mass is 417 g/mol. The maximum atomic E-state index is 13.2. The maximum Gasteiger partial charge on any atom is 0.245 e. The zero-order chi connectivity index (χ0) is 19.9. The second-order valence-electron chi connectivity index (χ2n) is 6.96. The molecule has 0 unspecified atom stereocenters. The molecule has 28 heavy (non-hydrogen) atoms. The van der Waals surface area contributed by atoms with E-state index in [4.69, 9.17) is 16.1 Å². The fourth-order valence-electron chi connectivity index (χ4n) is 3.45. The summed E-state index contributed by atoms with van der Waals surface area (Å²) in [5.41, 5.74) is 2.73. The van der Waals surface area contributed by atoms with Gasteiger partial charge in [-0.3, -0.25) is 0 Å². The van der Waals surface area contributed by atoms with Crippen LogP contribution in [-0.4, -0.2) is 29.4 Å². The van der Waals surface area contributed by atoms with Gasteiger partial charge in [0.2, 0.25) is 21.7 Å². The van der Waals surface area contributed by atoms with Crippen LogP contribution < -0.4 is 0 Å². The van der Waals surface area contributed by atoms with Crippen LogP contribution in [0.2, 0.25) is 5.02 Å². The topological polar surface area (TPSA) is 76.3 Å². The first-order valence-corrected chi connectivity index (χ1v) is 10.9. The number of aryl methyl sites for hydroxylation is 2. The standard InChI is InChI=1S/C20H20ClN3O3S/c1-13-6-3-4-7-16(13)19-22-20(27-23-19)18-8-5-11-24(18)28(25,26)15-10-9-14(2)17(21)12-15/h3-4,6-7,9-10,12,18H,5,8,11H2,1-2H3/t18-/m1/s1. The normalized spacial score (nSPS) is 17.9. The molecule has 3 aromatic rings. The van der Waals surface area contributed by atoms with Gasteiger partial charge in [0.1, 0.15) is 6.04 Å². The average molecular weight is 418 g/mol. The molecular formula is C20H20ClN3O3S. The number of rotatable bonds is 4. The molecule has 1 fully saturated rings. The van der Waals surface area contributed by atoms with Crippen molar-refractivity contribution >= 4 is 21.6 Å². The van der Waals surface area contributed by atoms with E-state index < -0.39 is 16.1 Å². The first-order chi connectivity index (χ1) is 13.4. The summed E-state index contributed by atoms with van der Waals surface area (Å²) in [5, 5.41) is 4.51. The Morgan fingerprint density at radius 1 is 1.14 bits per heavy atom. The zero-order valence-electron chi connectivity index (χ0n) is 15.6. The van der Waals surface area contributed by atoms with Crippen LogP contribution in [0.15, 0.2) is 51.9 Å². The Morgan fingerprint density at radius 2 is 1.93 bits per heavy atom. The minimum Gasteiger partial charge on any atom is -0.337 e. The molecule has 0 saturated carbocycles. The lowest BCUT2D eigenvalue weighted by molar-refractivity contribution is 0.290. The first kappa shape index (κ1) is 19.1. The second-order valence-corrected chi connectivity index (χ2v) is 9.25. The Morgan fingerprint density at radius 3 is 2.68 bits per heavy atom. The van der Waals surface area contributed by atoms with Crippen molar-refractivity contribution in [1.29, 1.82) is 0 Å². The maximum absolute atomic E-state index is 13.2. The van der Waals surface area contributed by atoms with Crippen LogP contribution >= 0.6 is 11.6 Å². The summed E-state index contributed by atoms with van der Waals surface area (Å²) in [6.07, 6.45) is 1.36. The van der Waals surface area contributed by atoms with Gasteiger partial charge in [0.15, 0.2) is 0 Å². The molecule has 4 rings (SSSR count). The van der Waals surface area contributed by atoms with Crippen LogP contribution in [0.4, 0.5) is 0 Å². The minimum atomic E-state index is -3.72. The molecule has 0 N–H and O–H groups in total. The lowest BCUT2D eigenvalue weighted by atomic mass is 10.1. The number of benzene rings is 2. The number of aromatic nitrogens is 2. The van der Waals surface area contributed by atoms with Crippen molar-refractivity contribution in [2.45, 2.75) is 37.6 Å². The highest BCUT2D eigenvalue weighted by molar-refractivity contribution is 7.89. The van der Waals surface area contributed by atoms with E-state index in [1.165, 1.54) is 10.4 Å². The summed E-state index contributed by atoms with van der Waals surface area (Å²) in [7, 11) is -3.72. The van der Waals surface area contributed by atoms with Gasteiger partial charge < -0.3 is 4.52 Å². The third-order valence-electron chi connectivity index (χ3n) is 5.07. The number of sulfonamides is 1. The number of halogens is 1. The van der Waals surface area contributed by atoms with E-state index in [0.29, 0.717) is 29.7 Å². The molecular weight excluding hydrogens is 398 g/mol. The van der Waals surface area contributed by atoms with Gasteiger partial charge in [-0.15, -0.1) is 0 Å². The highest BCUT2D eigenvalue weighted by atomic mass is 35.5. The van der Waals surface area contributed by atoms with Crippen molar-refractivity contribution in [1.82, 2.24) is 14.4 Å². The van der Waals surface area contributed by atoms with Gasteiger partial charge >= 0.3 is 0 Å². The molecule has 6 nitrogen and oxygen atoms in total. The van der Waals surface area contributed by atoms with Crippen molar-refractivity contribution in [3.05, 3.63) is 64.5 Å². The molecule has 0 radical (unpaired) electrons. The predicted octanol–water partition coefficient (Wildman–Crippen LogP) is 4.53. The Labute approximate surface area is 169 Å². The Kier molecular flexibility index (Phi) is 4.99. The SMILES string of the molecule is Cc1ccc(S(=O)(=O)N2CCC[C@@H]2c2nc(-c3ccccc3C)no2)cc1Cl. The number of nitrogens with zero attached hydrogens (tertiary/aromatic N) is 3. The van der Waals surface area contributed by atoms with Gasteiger partial charge in [0, 0.05) is 17.1 Å². The lowest BCUT2D eigenvalue weighted by Crippen LogP contribution is -2.30. The molecule has 146 valence electrons. The highest BCUT2D eigenvalue weighted by Gasteiger charge is 2.39. The van der Waals surface area contributed by atoms with E-state index in [1.807, 2.05) is 38.1 Å². The lowest BCUT2D eigenvalue weighted by Gasteiger charge is -2.21. The second kappa shape index (κ2) is 7.31. The molecule has 8 heteroatoms. The fourth-order valence-corrected chi connectivity index (χ4v) is 5.37. The Hall–Kier alpha value is -2.22. The van der Waals surface area contributed by atoms with E-state index >= 15 is 0 Å². The summed E-state index contributed by atoms with van der Waals surface area (Å²) in [5.74, 6) is 0.785. The van der Waals surface area contributed by atoms with Gasteiger partial charge in [-0.1, -0.05) is 47.1 Å². The van der Waals surface area contributed by atoms with Crippen molar-refractivity contribution < 1.29 is 12.9 Å². The summed E-state index contributed by atoms with van der Waals surface area (Å²) < 4.78 is 33.3. The largest absolute Gasteiger partial charge is 0.337 e. The fraction of sp³-hybridized carbons (Fsp3) is 0.300. The van der Waals surface area contributed by atoms with E-state index in [9.17, 15) is 8.42 Å². The summed E-state index contributed by atoms with van der Waals surface area (Å²) in [4.78, 5) is 4.68. The number of hydrogen-bond donors (Lipinski definition) is 0. The molecule has 1 aromatic heterocycles. The zero-order valence-corrected chi connectivity index (χ0v) is 17.2. The van der Waals surface area contributed by atoms with Crippen LogP contribution in [0.3, 0.4) is 0 Å². The summed E-state index contributed by atoms with van der Waals surface area (Å²) >= 11 is 6.14. The third-order valence-corrected chi connectivity index (χ3v) is 7.38. The minimum absolute atomic E-state index is 0.175. The summed E-state index contributed by atoms with van der Waals surface area (Å²) in [6, 6.07) is 12.1. The molecule has 1 aliphatic heterocycles. The molecule has 1 saturated heterocycles. The average Bonchev–Trinajstić information content (AvgIpc) is 3.33. The van der Waals surface area contributed by atoms with Crippen LogP contribution in [0.1, 0.15) is 35.9 Å². The van der Waals surface area contributed by atoms with Crippen molar-refractivity contribution in [3.63, 3.8) is 0 Å². The van der Waals surface area contributed by atoms with E-state index in [0.717, 1.165) is 23.1 Å². The van der Waals surface area contributed by atoms with Gasteiger partial charge in [-0.2, -0.15) is 9.29 Å². The van der Waals surface area contributed by atoms with Crippen molar-refractivity contribution in [3.8, 4) is 11.4 Å². The van der Waals surface area contributed by atoms with E-state index in [1.54, 1.807) is 12.1 Å². The van der Waals surface area contributed by atoms with Gasteiger partial charge in [-0.05, 0) is 49.9 Å². The predicted molar refractivity (Wildman–Crippen MR) is 107 cm³/mol. The van der Waals surface area contributed by atoms with Gasteiger partial charge in [0.05, 0.1) is 4.90 Å². The smallest absolute Gasteiger partial charge is 0.245 e. The van der Waals surface area contributed by atoms with Crippen LogP contribution in [0, 0.1) is 13.8 Å². The van der Waals surface area contributed by atoms with Crippen molar-refractivity contribution in [2.75, 3.05) is 6.54 Å². The molecule has 1 aliphatic rings. The quantitative estimate of drug-likeness (QED) is 0.623.